The van der Waals surface area contributed by atoms with Gasteiger partial charge in [-0.05, 0) is 52.7 Å². The summed E-state index contributed by atoms with van der Waals surface area (Å²) in [6.07, 6.45) is 0. The molecule has 1 N–H and O–H groups in total. The van der Waals surface area contributed by atoms with E-state index in [9.17, 15) is 8.42 Å². The molecule has 2 rings (SSSR count). The summed E-state index contributed by atoms with van der Waals surface area (Å²) >= 11 is 3.28. The molecule has 0 saturated heterocycles. The Hall–Kier alpha value is -1.73. The van der Waals surface area contributed by atoms with E-state index < -0.39 is 10.0 Å². The molecule has 0 aliphatic carbocycles. The first-order valence-electron chi connectivity index (χ1n) is 6.38. The number of anilines is 1. The van der Waals surface area contributed by atoms with Crippen molar-refractivity contribution in [2.24, 2.45) is 0 Å². The van der Waals surface area contributed by atoms with Crippen LogP contribution in [-0.2, 0) is 10.0 Å². The number of rotatable bonds is 5. The highest BCUT2D eigenvalue weighted by Crippen LogP contribution is 2.32. The number of nitrogens with one attached hydrogen (secondary N) is 1. The fourth-order valence-corrected chi connectivity index (χ4v) is 4.17. The van der Waals surface area contributed by atoms with E-state index in [-0.39, 0.29) is 4.90 Å². The number of hydrogen-bond donors (Lipinski definition) is 1. The Morgan fingerprint density at radius 2 is 1.77 bits per heavy atom. The zero-order chi connectivity index (χ0) is 16.3. The van der Waals surface area contributed by atoms with Crippen LogP contribution in [0.3, 0.4) is 0 Å². The molecule has 22 heavy (non-hydrogen) atoms. The van der Waals surface area contributed by atoms with Crippen LogP contribution in [0.25, 0.3) is 0 Å². The van der Waals surface area contributed by atoms with E-state index >= 15 is 0 Å². The molecule has 0 bridgehead atoms. The molecule has 0 amide bonds. The fraction of sp³-hybridized carbons (Fsp3) is 0.200. The van der Waals surface area contributed by atoms with Crippen molar-refractivity contribution in [2.75, 3.05) is 18.9 Å². The molecule has 0 unspecified atom stereocenters. The van der Waals surface area contributed by atoms with E-state index in [1.54, 1.807) is 36.4 Å². The predicted molar refractivity (Wildman–Crippen MR) is 89.2 cm³/mol. The third-order valence-corrected chi connectivity index (χ3v) is 5.37. The first-order chi connectivity index (χ1) is 10.4. The molecule has 0 heterocycles. The second kappa shape index (κ2) is 6.58. The molecule has 7 heteroatoms. The van der Waals surface area contributed by atoms with Crippen molar-refractivity contribution >= 4 is 31.6 Å². The van der Waals surface area contributed by atoms with Gasteiger partial charge in [0.05, 0.1) is 19.9 Å². The normalized spacial score (nSPS) is 11.1. The zero-order valence-corrected chi connectivity index (χ0v) is 14.8. The Morgan fingerprint density at radius 1 is 1.05 bits per heavy atom. The van der Waals surface area contributed by atoms with Gasteiger partial charge in [0, 0.05) is 10.5 Å². The summed E-state index contributed by atoms with van der Waals surface area (Å²) in [5, 5.41) is 0. The number of hydrogen-bond acceptors (Lipinski definition) is 4. The van der Waals surface area contributed by atoms with Gasteiger partial charge in [-0.2, -0.15) is 0 Å². The van der Waals surface area contributed by atoms with Crippen LogP contribution in [0, 0.1) is 6.92 Å². The van der Waals surface area contributed by atoms with Gasteiger partial charge in [-0.15, -0.1) is 0 Å². The van der Waals surface area contributed by atoms with Crippen molar-refractivity contribution in [1.82, 2.24) is 0 Å². The molecule has 0 aromatic heterocycles. The number of halogens is 1. The topological polar surface area (TPSA) is 64.6 Å². The van der Waals surface area contributed by atoms with Gasteiger partial charge >= 0.3 is 0 Å². The highest BCUT2D eigenvalue weighted by Gasteiger charge is 2.20. The molecule has 0 aliphatic rings. The van der Waals surface area contributed by atoms with Crippen LogP contribution < -0.4 is 14.2 Å². The Labute approximate surface area is 138 Å². The van der Waals surface area contributed by atoms with Crippen LogP contribution in [0.1, 0.15) is 5.56 Å². The van der Waals surface area contributed by atoms with Gasteiger partial charge in [-0.3, -0.25) is 4.72 Å². The average molecular weight is 386 g/mol. The summed E-state index contributed by atoms with van der Waals surface area (Å²) in [6.45, 7) is 1.89. The number of methoxy groups -OCH3 is 2. The summed E-state index contributed by atoms with van der Waals surface area (Å²) in [6, 6.07) is 9.94. The number of sulfonamides is 1. The molecule has 5 nitrogen and oxygen atoms in total. The van der Waals surface area contributed by atoms with E-state index in [4.69, 9.17) is 9.47 Å². The molecular weight excluding hydrogens is 370 g/mol. The highest BCUT2D eigenvalue weighted by atomic mass is 79.9. The zero-order valence-electron chi connectivity index (χ0n) is 12.4. The Kier molecular flexibility index (Phi) is 4.97. The summed E-state index contributed by atoms with van der Waals surface area (Å²) < 4.78 is 38.5. The summed E-state index contributed by atoms with van der Waals surface area (Å²) in [7, 11) is -0.767. The van der Waals surface area contributed by atoms with E-state index in [1.807, 2.05) is 6.92 Å². The third-order valence-electron chi connectivity index (χ3n) is 3.03. The molecule has 0 spiro atoms. The van der Waals surface area contributed by atoms with Crippen LogP contribution >= 0.6 is 15.9 Å². The summed E-state index contributed by atoms with van der Waals surface area (Å²) in [4.78, 5) is 0.156. The second-order valence-corrected chi connectivity index (χ2v) is 7.11. The van der Waals surface area contributed by atoms with Crippen molar-refractivity contribution in [3.05, 3.63) is 46.4 Å². The van der Waals surface area contributed by atoms with Crippen molar-refractivity contribution < 1.29 is 17.9 Å². The second-order valence-electron chi connectivity index (χ2n) is 4.61. The van der Waals surface area contributed by atoms with E-state index in [1.165, 1.54) is 14.2 Å². The number of ether oxygens (including phenoxy) is 2. The lowest BCUT2D eigenvalue weighted by Gasteiger charge is -2.14. The van der Waals surface area contributed by atoms with Crippen LogP contribution in [0.15, 0.2) is 45.8 Å². The lowest BCUT2D eigenvalue weighted by molar-refractivity contribution is 0.405. The van der Waals surface area contributed by atoms with Gasteiger partial charge < -0.3 is 9.47 Å². The van der Waals surface area contributed by atoms with Gasteiger partial charge in [-0.1, -0.05) is 6.07 Å². The van der Waals surface area contributed by atoms with E-state index in [0.29, 0.717) is 21.7 Å². The molecule has 0 radical (unpaired) electrons. The van der Waals surface area contributed by atoms with Gasteiger partial charge in [0.15, 0.2) is 0 Å². The largest absolute Gasteiger partial charge is 0.497 e. The van der Waals surface area contributed by atoms with E-state index in [0.717, 1.165) is 5.56 Å². The van der Waals surface area contributed by atoms with E-state index in [2.05, 4.69) is 20.7 Å². The van der Waals surface area contributed by atoms with Crippen LogP contribution in [0.5, 0.6) is 11.5 Å². The minimum absolute atomic E-state index is 0.156. The molecule has 2 aromatic rings. The van der Waals surface area contributed by atoms with Crippen molar-refractivity contribution in [2.45, 2.75) is 11.8 Å². The summed E-state index contributed by atoms with van der Waals surface area (Å²) in [5.41, 5.74) is 1.28. The quantitative estimate of drug-likeness (QED) is 0.853. The Morgan fingerprint density at radius 3 is 2.36 bits per heavy atom. The van der Waals surface area contributed by atoms with Crippen LogP contribution in [0.4, 0.5) is 5.69 Å². The molecule has 118 valence electrons. The highest BCUT2D eigenvalue weighted by molar-refractivity contribution is 9.10. The molecule has 0 aliphatic heterocycles. The average Bonchev–Trinajstić information content (AvgIpc) is 2.46. The SMILES string of the molecule is COc1ccc(OC)c(NS(=O)(=O)c2ccc(C)cc2Br)c1. The van der Waals surface area contributed by atoms with Crippen LogP contribution in [0.2, 0.25) is 0 Å². The number of benzene rings is 2. The van der Waals surface area contributed by atoms with Crippen molar-refractivity contribution in [1.29, 1.82) is 0 Å². The summed E-state index contributed by atoms with van der Waals surface area (Å²) in [5.74, 6) is 0.939. The fourth-order valence-electron chi connectivity index (χ4n) is 1.92. The maximum absolute atomic E-state index is 12.6. The minimum Gasteiger partial charge on any atom is -0.497 e. The molecule has 0 saturated carbocycles. The first-order valence-corrected chi connectivity index (χ1v) is 8.66. The van der Waals surface area contributed by atoms with Gasteiger partial charge in [0.2, 0.25) is 0 Å². The third kappa shape index (κ3) is 3.53. The smallest absolute Gasteiger partial charge is 0.263 e. The Bertz CT molecular complexity index is 790. The molecule has 0 fully saturated rings. The van der Waals surface area contributed by atoms with Crippen molar-refractivity contribution in [3.8, 4) is 11.5 Å². The first kappa shape index (κ1) is 16.6. The molecular formula is C15H16BrNO4S. The van der Waals surface area contributed by atoms with Crippen molar-refractivity contribution in [3.63, 3.8) is 0 Å². The monoisotopic (exact) mass is 385 g/mol. The minimum atomic E-state index is -3.75. The molecule has 2 aromatic carbocycles. The lowest BCUT2D eigenvalue weighted by Crippen LogP contribution is -2.14. The molecule has 0 atom stereocenters. The lowest BCUT2D eigenvalue weighted by atomic mass is 10.2. The maximum Gasteiger partial charge on any atom is 0.263 e. The van der Waals surface area contributed by atoms with Gasteiger partial charge in [-0.25, -0.2) is 8.42 Å². The van der Waals surface area contributed by atoms with Crippen LogP contribution in [-0.4, -0.2) is 22.6 Å². The number of aryl methyl sites for hydroxylation is 1. The standard InChI is InChI=1S/C15H16BrNO4S/c1-10-4-7-15(12(16)8-10)22(18,19)17-13-9-11(20-2)5-6-14(13)21-3/h4-9,17H,1-3H3. The van der Waals surface area contributed by atoms with Gasteiger partial charge in [0.25, 0.3) is 10.0 Å². The maximum atomic E-state index is 12.6. The predicted octanol–water partition coefficient (Wildman–Crippen LogP) is 3.58. The Balaban J connectivity index is 2.44. The van der Waals surface area contributed by atoms with Gasteiger partial charge in [0.1, 0.15) is 16.4 Å².